The van der Waals surface area contributed by atoms with Gasteiger partial charge in [0.1, 0.15) is 6.04 Å². The molecule has 0 radical (unpaired) electrons. The van der Waals surface area contributed by atoms with Crippen LogP contribution in [0.3, 0.4) is 0 Å². The molecule has 0 saturated heterocycles. The van der Waals surface area contributed by atoms with Gasteiger partial charge in [0, 0.05) is 10.7 Å². The van der Waals surface area contributed by atoms with Crippen LogP contribution in [0, 0.1) is 0 Å². The van der Waals surface area contributed by atoms with E-state index in [1.807, 2.05) is 0 Å². The van der Waals surface area contributed by atoms with E-state index in [0.717, 1.165) is 0 Å². The highest BCUT2D eigenvalue weighted by Gasteiger charge is 2.59. The molecule has 0 aromatic heterocycles. The van der Waals surface area contributed by atoms with Crippen molar-refractivity contribution in [2.45, 2.75) is 25.6 Å². The summed E-state index contributed by atoms with van der Waals surface area (Å²) in [5.41, 5.74) is -3.16. The fourth-order valence-electron chi connectivity index (χ4n) is 2.43. The lowest BCUT2D eigenvalue weighted by molar-refractivity contribution is 0.0218. The Kier molecular flexibility index (Phi) is 7.18. The quantitative estimate of drug-likeness (QED) is 0.495. The molecule has 0 aliphatic rings. The van der Waals surface area contributed by atoms with Crippen LogP contribution in [0.25, 0.3) is 0 Å². The second-order valence-electron chi connectivity index (χ2n) is 5.42. The number of para-hydroxylation sites is 1. The van der Waals surface area contributed by atoms with Crippen molar-refractivity contribution in [1.29, 1.82) is 0 Å². The first-order valence-electron chi connectivity index (χ1n) is 8.18. The van der Waals surface area contributed by atoms with Crippen LogP contribution >= 0.6 is 19.2 Å². The molecule has 1 atom stereocenters. The highest BCUT2D eigenvalue weighted by molar-refractivity contribution is 7.55. The molecule has 0 aliphatic carbocycles. The van der Waals surface area contributed by atoms with Crippen molar-refractivity contribution in [2.24, 2.45) is 0 Å². The summed E-state index contributed by atoms with van der Waals surface area (Å²) >= 11 is 5.87. The van der Waals surface area contributed by atoms with Gasteiger partial charge in [-0.2, -0.15) is 8.78 Å². The Morgan fingerprint density at radius 2 is 1.58 bits per heavy atom. The van der Waals surface area contributed by atoms with Crippen molar-refractivity contribution >= 4 is 24.9 Å². The Hall–Kier alpha value is -1.46. The third-order valence-electron chi connectivity index (χ3n) is 3.60. The lowest BCUT2D eigenvalue weighted by atomic mass is 10.1. The number of hydrogen-bond donors (Lipinski definition) is 1. The van der Waals surface area contributed by atoms with Gasteiger partial charge in [-0.05, 0) is 43.7 Å². The summed E-state index contributed by atoms with van der Waals surface area (Å²) < 4.78 is 53.4. The van der Waals surface area contributed by atoms with E-state index in [1.165, 1.54) is 38.1 Å². The molecule has 0 saturated carbocycles. The molecule has 0 aliphatic heterocycles. The zero-order valence-electron chi connectivity index (χ0n) is 14.5. The molecule has 0 spiro atoms. The molecule has 2 rings (SSSR count). The first-order chi connectivity index (χ1) is 12.3. The zero-order chi connectivity index (χ0) is 19.2. The molecule has 4 nitrogen and oxygen atoms in total. The van der Waals surface area contributed by atoms with E-state index in [1.54, 1.807) is 30.3 Å². The molecule has 0 bridgehead atoms. The van der Waals surface area contributed by atoms with E-state index in [-0.39, 0.29) is 18.8 Å². The third kappa shape index (κ3) is 4.63. The lowest BCUT2D eigenvalue weighted by Gasteiger charge is -2.33. The van der Waals surface area contributed by atoms with Crippen LogP contribution < -0.4 is 5.32 Å². The van der Waals surface area contributed by atoms with Gasteiger partial charge < -0.3 is 14.4 Å². The van der Waals surface area contributed by atoms with E-state index in [9.17, 15) is 4.57 Å². The van der Waals surface area contributed by atoms with Gasteiger partial charge in [-0.15, -0.1) is 0 Å². The van der Waals surface area contributed by atoms with Crippen molar-refractivity contribution in [3.05, 3.63) is 65.2 Å². The van der Waals surface area contributed by atoms with E-state index in [0.29, 0.717) is 10.7 Å². The number of rotatable bonds is 9. The molecule has 2 aromatic carbocycles. The minimum absolute atomic E-state index is 0.161. The van der Waals surface area contributed by atoms with Gasteiger partial charge in [-0.25, -0.2) is 0 Å². The smallest absolute Gasteiger partial charge is 0.372 e. The summed E-state index contributed by atoms with van der Waals surface area (Å²) in [6.45, 7) is 2.66. The fraction of sp³-hybridized carbons (Fsp3) is 0.333. The maximum atomic E-state index is 15.4. The topological polar surface area (TPSA) is 47.6 Å². The number of nitrogens with one attached hydrogen (secondary N) is 1. The molecule has 26 heavy (non-hydrogen) atoms. The fourth-order valence-corrected chi connectivity index (χ4v) is 4.19. The highest BCUT2D eigenvalue weighted by Crippen LogP contribution is 2.66. The second kappa shape index (κ2) is 8.96. The highest BCUT2D eigenvalue weighted by atomic mass is 35.5. The van der Waals surface area contributed by atoms with Crippen LogP contribution in [-0.4, -0.2) is 18.9 Å². The molecular formula is C18H21ClF2NO3P. The average Bonchev–Trinajstić information content (AvgIpc) is 2.62. The number of benzene rings is 2. The van der Waals surface area contributed by atoms with Crippen LogP contribution in [-0.2, 0) is 13.6 Å². The van der Waals surface area contributed by atoms with E-state index in [2.05, 4.69) is 5.32 Å². The summed E-state index contributed by atoms with van der Waals surface area (Å²) in [5.74, 6) is 0. The first-order valence-corrected chi connectivity index (χ1v) is 10.1. The second-order valence-corrected chi connectivity index (χ2v) is 7.96. The normalized spacial score (nSPS) is 13.4. The van der Waals surface area contributed by atoms with E-state index in [4.69, 9.17) is 20.6 Å². The lowest BCUT2D eigenvalue weighted by Crippen LogP contribution is -2.34. The predicted octanol–water partition coefficient (Wildman–Crippen LogP) is 6.35. The van der Waals surface area contributed by atoms with Crippen LogP contribution in [0.15, 0.2) is 54.6 Å². The molecule has 8 heteroatoms. The van der Waals surface area contributed by atoms with Gasteiger partial charge in [0.15, 0.2) is 0 Å². The van der Waals surface area contributed by atoms with Gasteiger partial charge in [0.05, 0.1) is 13.2 Å². The molecule has 0 fully saturated rings. The molecule has 142 valence electrons. The monoisotopic (exact) mass is 403 g/mol. The van der Waals surface area contributed by atoms with Crippen molar-refractivity contribution in [1.82, 2.24) is 0 Å². The molecule has 0 amide bonds. The van der Waals surface area contributed by atoms with Crippen LogP contribution in [0.1, 0.15) is 25.5 Å². The summed E-state index contributed by atoms with van der Waals surface area (Å²) in [5, 5.41) is 3.16. The Labute approximate surface area is 157 Å². The average molecular weight is 404 g/mol. The number of hydrogen-bond acceptors (Lipinski definition) is 4. The number of anilines is 1. The van der Waals surface area contributed by atoms with Gasteiger partial charge in [-0.1, -0.05) is 41.9 Å². The van der Waals surface area contributed by atoms with Gasteiger partial charge in [0.25, 0.3) is 0 Å². The van der Waals surface area contributed by atoms with Crippen LogP contribution in [0.5, 0.6) is 0 Å². The summed E-state index contributed by atoms with van der Waals surface area (Å²) in [4.78, 5) is 0. The van der Waals surface area contributed by atoms with E-state index < -0.39 is 19.3 Å². The standard InChI is InChI=1S/C18H21ClF2NO3P/c1-3-24-26(23,25-4-2)18(20,21)17(14-10-12-15(19)13-11-14)22-16-8-6-5-7-9-16/h5-13,17,22H,3-4H2,1-2H3. The molecule has 1 N–H and O–H groups in total. The summed E-state index contributed by atoms with van der Waals surface area (Å²) in [6, 6.07) is 12.8. The van der Waals surface area contributed by atoms with Crippen molar-refractivity contribution in [2.75, 3.05) is 18.5 Å². The Morgan fingerprint density at radius 1 is 1.04 bits per heavy atom. The first kappa shape index (κ1) is 20.8. The Balaban J connectivity index is 2.50. The van der Waals surface area contributed by atoms with Gasteiger partial charge >= 0.3 is 13.3 Å². The zero-order valence-corrected chi connectivity index (χ0v) is 16.1. The third-order valence-corrected chi connectivity index (χ3v) is 6.04. The summed E-state index contributed by atoms with van der Waals surface area (Å²) in [6.07, 6.45) is 0. The van der Waals surface area contributed by atoms with Crippen molar-refractivity contribution < 1.29 is 22.4 Å². The Morgan fingerprint density at radius 3 is 2.08 bits per heavy atom. The van der Waals surface area contributed by atoms with Crippen molar-refractivity contribution in [3.8, 4) is 0 Å². The molecule has 2 aromatic rings. The van der Waals surface area contributed by atoms with Crippen LogP contribution in [0.4, 0.5) is 14.5 Å². The van der Waals surface area contributed by atoms with Crippen LogP contribution in [0.2, 0.25) is 5.02 Å². The van der Waals surface area contributed by atoms with Gasteiger partial charge in [0.2, 0.25) is 0 Å². The minimum atomic E-state index is -4.72. The number of alkyl halides is 2. The molecule has 0 heterocycles. The Bertz CT molecular complexity index is 734. The maximum absolute atomic E-state index is 15.4. The number of halogens is 3. The molecule has 1 unspecified atom stereocenters. The van der Waals surface area contributed by atoms with Crippen molar-refractivity contribution in [3.63, 3.8) is 0 Å². The molecular weight excluding hydrogens is 383 g/mol. The largest absolute Gasteiger partial charge is 0.402 e. The summed E-state index contributed by atoms with van der Waals surface area (Å²) in [7, 11) is -4.72. The SMILES string of the molecule is CCOP(=O)(OCC)C(F)(F)C(Nc1ccccc1)c1ccc(Cl)cc1. The minimum Gasteiger partial charge on any atom is -0.372 e. The van der Waals surface area contributed by atoms with Gasteiger partial charge in [-0.3, -0.25) is 4.57 Å². The van der Waals surface area contributed by atoms with E-state index >= 15 is 8.78 Å². The maximum Gasteiger partial charge on any atom is 0.402 e. The predicted molar refractivity (Wildman–Crippen MR) is 100 cm³/mol.